The molecular formula is C29H36N4S. The van der Waals surface area contributed by atoms with E-state index >= 15 is 0 Å². The highest BCUT2D eigenvalue weighted by molar-refractivity contribution is 7.15. The van der Waals surface area contributed by atoms with E-state index in [1.54, 1.807) is 0 Å². The van der Waals surface area contributed by atoms with E-state index in [-0.39, 0.29) is 0 Å². The van der Waals surface area contributed by atoms with Crippen molar-refractivity contribution in [2.75, 3.05) is 25.5 Å². The molecule has 0 N–H and O–H groups in total. The Morgan fingerprint density at radius 3 is 2.38 bits per heavy atom. The van der Waals surface area contributed by atoms with E-state index in [1.165, 1.54) is 60.7 Å². The smallest absolute Gasteiger partial charge is 0.190 e. The molecule has 1 aliphatic rings. The molecule has 0 unspecified atom stereocenters. The van der Waals surface area contributed by atoms with E-state index in [2.05, 4.69) is 93.4 Å². The second-order valence-electron chi connectivity index (χ2n) is 9.86. The van der Waals surface area contributed by atoms with Crippen LogP contribution in [0, 0.1) is 20.8 Å². The number of rotatable bonds is 6. The van der Waals surface area contributed by atoms with Crippen LogP contribution in [-0.4, -0.2) is 35.1 Å². The molecule has 178 valence electrons. The van der Waals surface area contributed by atoms with Gasteiger partial charge in [0.1, 0.15) is 0 Å². The van der Waals surface area contributed by atoms with E-state index in [0.717, 1.165) is 37.6 Å². The summed E-state index contributed by atoms with van der Waals surface area (Å²) in [5.41, 5.74) is 12.2. The number of hydrogen-bond acceptors (Lipinski definition) is 4. The Bertz CT molecular complexity index is 1360. The highest BCUT2D eigenvalue weighted by Crippen LogP contribution is 2.47. The van der Waals surface area contributed by atoms with Crippen LogP contribution in [0.4, 0.5) is 10.8 Å². The predicted molar refractivity (Wildman–Crippen MR) is 147 cm³/mol. The maximum atomic E-state index is 5.19. The first-order valence-corrected chi connectivity index (χ1v) is 13.3. The van der Waals surface area contributed by atoms with E-state index in [9.17, 15) is 0 Å². The average molecular weight is 473 g/mol. The fraction of sp³-hybridized carbons (Fsp3) is 0.414. The van der Waals surface area contributed by atoms with Gasteiger partial charge in [0.15, 0.2) is 5.13 Å². The number of thiazole rings is 1. The van der Waals surface area contributed by atoms with E-state index in [0.29, 0.717) is 0 Å². The van der Waals surface area contributed by atoms with E-state index in [4.69, 9.17) is 4.98 Å². The van der Waals surface area contributed by atoms with Crippen molar-refractivity contribution in [3.05, 3.63) is 63.3 Å². The summed E-state index contributed by atoms with van der Waals surface area (Å²) in [5.74, 6) is 0. The summed E-state index contributed by atoms with van der Waals surface area (Å²) in [6.45, 7) is 14.1. The molecule has 0 radical (unpaired) electrons. The van der Waals surface area contributed by atoms with Gasteiger partial charge in [-0.05, 0) is 76.0 Å². The molecule has 0 saturated carbocycles. The molecule has 5 heteroatoms. The number of nitrogens with zero attached hydrogens (tertiary/aromatic N) is 4. The molecule has 0 fully saturated rings. The van der Waals surface area contributed by atoms with Crippen molar-refractivity contribution in [1.29, 1.82) is 0 Å². The zero-order valence-corrected chi connectivity index (χ0v) is 22.4. The van der Waals surface area contributed by atoms with Crippen molar-refractivity contribution in [2.24, 2.45) is 0 Å². The van der Waals surface area contributed by atoms with Crippen LogP contribution in [0.25, 0.3) is 22.0 Å². The summed E-state index contributed by atoms with van der Waals surface area (Å²) in [4.78, 5) is 11.3. The molecular weight excluding hydrogens is 436 g/mol. The normalized spacial score (nSPS) is 13.5. The maximum absolute atomic E-state index is 5.19. The molecule has 5 rings (SSSR count). The van der Waals surface area contributed by atoms with Crippen LogP contribution >= 0.6 is 11.3 Å². The summed E-state index contributed by atoms with van der Waals surface area (Å²) < 4.78 is 2.53. The Hall–Kier alpha value is -2.63. The first-order chi connectivity index (χ1) is 16.3. The quantitative estimate of drug-likeness (QED) is 0.301. The van der Waals surface area contributed by atoms with Crippen LogP contribution in [0.15, 0.2) is 30.3 Å². The minimum atomic E-state index is 0.893. The van der Waals surface area contributed by atoms with Crippen molar-refractivity contribution in [3.8, 4) is 11.1 Å². The Kier molecular flexibility index (Phi) is 6.03. The van der Waals surface area contributed by atoms with Gasteiger partial charge < -0.3 is 14.4 Å². The highest BCUT2D eigenvalue weighted by atomic mass is 32.1. The number of benzene rings is 2. The van der Waals surface area contributed by atoms with Gasteiger partial charge in [-0.2, -0.15) is 0 Å². The van der Waals surface area contributed by atoms with E-state index in [1.807, 2.05) is 11.3 Å². The molecule has 0 atom stereocenters. The number of aryl methyl sites for hydroxylation is 3. The minimum absolute atomic E-state index is 0.893. The molecule has 0 aliphatic carbocycles. The molecule has 2 aromatic carbocycles. The fourth-order valence-corrected chi connectivity index (χ4v) is 6.63. The Morgan fingerprint density at radius 1 is 1.00 bits per heavy atom. The van der Waals surface area contributed by atoms with Gasteiger partial charge in [-0.25, -0.2) is 4.98 Å². The third-order valence-corrected chi connectivity index (χ3v) is 8.47. The van der Waals surface area contributed by atoms with Gasteiger partial charge in [0.2, 0.25) is 0 Å². The van der Waals surface area contributed by atoms with Crippen LogP contribution in [0.3, 0.4) is 0 Å². The summed E-state index contributed by atoms with van der Waals surface area (Å²) in [6, 6.07) is 11.5. The summed E-state index contributed by atoms with van der Waals surface area (Å²) >= 11 is 1.88. The molecule has 0 bridgehead atoms. The summed E-state index contributed by atoms with van der Waals surface area (Å²) in [7, 11) is 4.25. The van der Waals surface area contributed by atoms with Crippen LogP contribution in [0.5, 0.6) is 0 Å². The van der Waals surface area contributed by atoms with Crippen molar-refractivity contribution >= 4 is 33.1 Å². The molecule has 4 aromatic rings. The van der Waals surface area contributed by atoms with Crippen molar-refractivity contribution in [2.45, 2.75) is 60.5 Å². The second kappa shape index (κ2) is 8.86. The monoisotopic (exact) mass is 472 g/mol. The Balaban J connectivity index is 1.76. The number of hydrogen-bond donors (Lipinski definition) is 0. The molecule has 4 nitrogen and oxygen atoms in total. The van der Waals surface area contributed by atoms with Crippen molar-refractivity contribution in [3.63, 3.8) is 0 Å². The zero-order valence-electron chi connectivity index (χ0n) is 21.6. The number of anilines is 2. The molecule has 2 aromatic heterocycles. The molecule has 0 spiro atoms. The molecule has 0 amide bonds. The molecule has 3 heterocycles. The van der Waals surface area contributed by atoms with Crippen molar-refractivity contribution < 1.29 is 0 Å². The van der Waals surface area contributed by atoms with Gasteiger partial charge in [-0.15, -0.1) is 11.3 Å². The first-order valence-electron chi connectivity index (χ1n) is 12.5. The summed E-state index contributed by atoms with van der Waals surface area (Å²) in [5, 5.41) is 2.53. The molecule has 34 heavy (non-hydrogen) atoms. The third kappa shape index (κ3) is 3.66. The topological polar surface area (TPSA) is 24.3 Å². The first kappa shape index (κ1) is 23.1. The lowest BCUT2D eigenvalue weighted by molar-refractivity contribution is 0.396. The van der Waals surface area contributed by atoms with Crippen LogP contribution in [0.2, 0.25) is 0 Å². The van der Waals surface area contributed by atoms with Crippen molar-refractivity contribution in [1.82, 2.24) is 14.5 Å². The standard InChI is InChI=1S/C29H36N4S/c1-8-22-20(5)27-28-23(26(22)21-12-10-18(3)11-13-21)16-19(4)32(28)14-15-33(27)29-30-24(17-31(6)7)25(9-2)34-29/h10-13,16H,8-9,14-15,17H2,1-7H3. The van der Waals surface area contributed by atoms with Crippen LogP contribution in [-0.2, 0) is 25.9 Å². The Labute approximate surface area is 207 Å². The average Bonchev–Trinajstić information content (AvgIpc) is 3.37. The molecule has 1 aliphatic heterocycles. The lowest BCUT2D eigenvalue weighted by atomic mass is 9.89. The van der Waals surface area contributed by atoms with E-state index < -0.39 is 0 Å². The lowest BCUT2D eigenvalue weighted by Gasteiger charge is -2.32. The van der Waals surface area contributed by atoms with Gasteiger partial charge in [0, 0.05) is 35.6 Å². The zero-order chi connectivity index (χ0) is 24.1. The SMILES string of the molecule is CCc1sc(N2CCn3c(C)cc4c(-c5ccc(C)cc5)c(CC)c(C)c2c43)nc1CN(C)C. The number of aromatic nitrogens is 2. The van der Waals surface area contributed by atoms with Gasteiger partial charge in [0.05, 0.1) is 16.9 Å². The van der Waals surface area contributed by atoms with Crippen LogP contribution in [0.1, 0.15) is 46.8 Å². The lowest BCUT2D eigenvalue weighted by Crippen LogP contribution is -2.29. The Morgan fingerprint density at radius 2 is 1.74 bits per heavy atom. The highest BCUT2D eigenvalue weighted by Gasteiger charge is 2.30. The van der Waals surface area contributed by atoms with Gasteiger partial charge in [0.25, 0.3) is 0 Å². The maximum Gasteiger partial charge on any atom is 0.190 e. The largest absolute Gasteiger partial charge is 0.341 e. The second-order valence-corrected chi connectivity index (χ2v) is 10.9. The van der Waals surface area contributed by atoms with Gasteiger partial charge in [-0.3, -0.25) is 0 Å². The third-order valence-electron chi connectivity index (χ3n) is 7.20. The van der Waals surface area contributed by atoms with Gasteiger partial charge in [-0.1, -0.05) is 43.7 Å². The minimum Gasteiger partial charge on any atom is -0.341 e. The van der Waals surface area contributed by atoms with Crippen LogP contribution < -0.4 is 4.90 Å². The molecule has 0 saturated heterocycles. The summed E-state index contributed by atoms with van der Waals surface area (Å²) in [6.07, 6.45) is 2.05. The predicted octanol–water partition coefficient (Wildman–Crippen LogP) is 7.03. The van der Waals surface area contributed by atoms with Gasteiger partial charge >= 0.3 is 0 Å². The fourth-order valence-electron chi connectivity index (χ4n) is 5.59.